The number of benzene rings is 5. The molecule has 0 N–H and O–H groups in total. The van der Waals surface area contributed by atoms with E-state index in [1.807, 2.05) is 18.2 Å². The van der Waals surface area contributed by atoms with Gasteiger partial charge in [0.15, 0.2) is 0 Å². The van der Waals surface area contributed by atoms with Gasteiger partial charge in [-0.15, -0.1) is 19.7 Å². The first kappa shape index (κ1) is 46.6. The Morgan fingerprint density at radius 3 is 2.03 bits per heavy atom. The normalized spacial score (nSPS) is 16.2. The highest BCUT2D eigenvalue weighted by atomic mass is 15.2. The zero-order valence-corrected chi connectivity index (χ0v) is 38.4. The molecule has 0 amide bonds. The minimum absolute atomic E-state index is 0.203. The Kier molecular flexibility index (Phi) is 17.4. The maximum absolute atomic E-state index is 4.67. The fourth-order valence-corrected chi connectivity index (χ4v) is 8.47. The summed E-state index contributed by atoms with van der Waals surface area (Å²) < 4.78 is 0. The molecule has 2 aliphatic carbocycles. The molecule has 5 aromatic rings. The van der Waals surface area contributed by atoms with E-state index in [4.69, 9.17) is 0 Å². The van der Waals surface area contributed by atoms with E-state index in [0.717, 1.165) is 73.2 Å². The molecule has 2 aliphatic rings. The van der Waals surface area contributed by atoms with Crippen LogP contribution in [0.2, 0.25) is 0 Å². The number of hydrogen-bond acceptors (Lipinski definition) is 2. The lowest BCUT2D eigenvalue weighted by molar-refractivity contribution is 0.785. The van der Waals surface area contributed by atoms with Gasteiger partial charge < -0.3 is 9.80 Å². The Labute approximate surface area is 395 Å². The van der Waals surface area contributed by atoms with Crippen LogP contribution in [0.1, 0.15) is 66.7 Å². The third-order valence-corrected chi connectivity index (χ3v) is 12.2. The summed E-state index contributed by atoms with van der Waals surface area (Å²) in [5.74, 6) is 0.490. The van der Waals surface area contributed by atoms with E-state index < -0.39 is 0 Å². The molecule has 0 radical (unpaired) electrons. The molecule has 2 nitrogen and oxygen atoms in total. The molecule has 66 heavy (non-hydrogen) atoms. The molecule has 0 aromatic heterocycles. The van der Waals surface area contributed by atoms with E-state index in [1.54, 1.807) is 0 Å². The molecule has 7 rings (SSSR count). The zero-order valence-electron chi connectivity index (χ0n) is 38.4. The highest BCUT2D eigenvalue weighted by Gasteiger charge is 2.20. The number of rotatable bonds is 22. The van der Waals surface area contributed by atoms with Crippen LogP contribution in [0.5, 0.6) is 0 Å². The van der Waals surface area contributed by atoms with Gasteiger partial charge in [-0.05, 0) is 132 Å². The predicted molar refractivity (Wildman–Crippen MR) is 289 cm³/mol. The quantitative estimate of drug-likeness (QED) is 0.0389. The van der Waals surface area contributed by atoms with Gasteiger partial charge in [0.25, 0.3) is 0 Å². The molecular formula is C64H64N2. The monoisotopic (exact) mass is 861 g/mol. The van der Waals surface area contributed by atoms with Gasteiger partial charge in [-0.25, -0.2) is 0 Å². The van der Waals surface area contributed by atoms with E-state index in [0.29, 0.717) is 0 Å². The molecule has 3 unspecified atom stereocenters. The van der Waals surface area contributed by atoms with Crippen molar-refractivity contribution in [1.82, 2.24) is 0 Å². The van der Waals surface area contributed by atoms with Crippen LogP contribution in [0.25, 0.3) is 22.8 Å². The molecular weight excluding hydrogens is 797 g/mol. The summed E-state index contributed by atoms with van der Waals surface area (Å²) in [6, 6.07) is 46.4. The zero-order chi connectivity index (χ0) is 45.8. The summed E-state index contributed by atoms with van der Waals surface area (Å²) >= 11 is 0. The standard InChI is InChI=1S/C64H64N2/c1-5-8-10-14-24-52-35-42-63(43-36-52)66(62-32-19-13-20-33-62)64-46-40-58(41-47-64)60(50-54-25-15-11-16-26-54)37-34-51(4)65(48-22-31-55(7-3)56-28-17-12-18-29-56)61-44-38-57(39-45-61)59-30-21-27-53(49-59)23-9-6-2/h5-7,11-22,24-25,27-30,32,34-50,54-55,62H,1-4,8-10,23,26,31,33H2/b24-14+,37-34-,48-22+,60-50-. The Balaban J connectivity index is 1.18. The molecule has 3 atom stereocenters. The Hall–Kier alpha value is -7.42. The summed E-state index contributed by atoms with van der Waals surface area (Å²) in [5.41, 5.74) is 12.7. The lowest BCUT2D eigenvalue weighted by Gasteiger charge is -2.33. The molecule has 2 heteroatoms. The average molecular weight is 861 g/mol. The maximum Gasteiger partial charge on any atom is 0.0559 e. The molecule has 0 heterocycles. The van der Waals surface area contributed by atoms with Crippen LogP contribution >= 0.6 is 0 Å². The largest absolute Gasteiger partial charge is 0.334 e. The SMILES string of the molecule is C=CCC/C=C/c1ccc(N(c2ccc(C(/C=C\C(=C)N(/C=C/CC(C=C)c3ccccc3)c3ccc(-c4cccc(CCC=C)c4)cc3)=C\C3C=CC=CC3)cc2)C2C=CC=CC2)cc1. The number of anilines is 3. The first-order chi connectivity index (χ1) is 32.5. The van der Waals surface area contributed by atoms with Gasteiger partial charge in [-0.2, -0.15) is 0 Å². The second kappa shape index (κ2) is 24.6. The lowest BCUT2D eigenvalue weighted by atomic mass is 9.94. The number of unbranched alkanes of at least 4 members (excludes halogenated alkanes) is 1. The Bertz CT molecular complexity index is 2620. The van der Waals surface area contributed by atoms with Crippen molar-refractivity contribution >= 4 is 28.7 Å². The molecule has 5 aromatic carbocycles. The third-order valence-electron chi connectivity index (χ3n) is 12.2. The lowest BCUT2D eigenvalue weighted by Crippen LogP contribution is -2.29. The summed E-state index contributed by atoms with van der Waals surface area (Å²) in [6.07, 6.45) is 45.9. The fraction of sp³-hybridized carbons (Fsp3) is 0.156. The average Bonchev–Trinajstić information content (AvgIpc) is 3.38. The smallest absolute Gasteiger partial charge is 0.0559 e. The van der Waals surface area contributed by atoms with Crippen LogP contribution < -0.4 is 9.80 Å². The first-order valence-corrected chi connectivity index (χ1v) is 23.5. The van der Waals surface area contributed by atoms with E-state index in [2.05, 4.69) is 255 Å². The van der Waals surface area contributed by atoms with Gasteiger partial charge in [0.2, 0.25) is 0 Å². The van der Waals surface area contributed by atoms with Crippen LogP contribution in [0.3, 0.4) is 0 Å². The topological polar surface area (TPSA) is 6.48 Å². The maximum atomic E-state index is 4.67. The van der Waals surface area contributed by atoms with Crippen LogP contribution in [0.4, 0.5) is 17.1 Å². The van der Waals surface area contributed by atoms with E-state index in [-0.39, 0.29) is 17.9 Å². The fourth-order valence-electron chi connectivity index (χ4n) is 8.47. The molecule has 0 saturated heterocycles. The number of aryl methyl sites for hydroxylation is 1. The summed E-state index contributed by atoms with van der Waals surface area (Å²) in [6.45, 7) is 16.6. The van der Waals surface area contributed by atoms with Gasteiger partial charge in [-0.1, -0.05) is 195 Å². The Morgan fingerprint density at radius 1 is 0.636 bits per heavy atom. The van der Waals surface area contributed by atoms with Gasteiger partial charge in [0.1, 0.15) is 0 Å². The predicted octanol–water partition coefficient (Wildman–Crippen LogP) is 17.4. The van der Waals surface area contributed by atoms with Crippen molar-refractivity contribution in [3.8, 4) is 11.1 Å². The van der Waals surface area contributed by atoms with Gasteiger partial charge >= 0.3 is 0 Å². The minimum Gasteiger partial charge on any atom is -0.334 e. The Morgan fingerprint density at radius 2 is 1.35 bits per heavy atom. The van der Waals surface area contributed by atoms with Crippen molar-refractivity contribution in [3.05, 3.63) is 285 Å². The second-order valence-electron chi connectivity index (χ2n) is 16.9. The molecule has 330 valence electrons. The number of nitrogens with zero attached hydrogens (tertiary/aromatic N) is 2. The first-order valence-electron chi connectivity index (χ1n) is 23.5. The van der Waals surface area contributed by atoms with Crippen LogP contribution in [0.15, 0.2) is 263 Å². The summed E-state index contributed by atoms with van der Waals surface area (Å²) in [4.78, 5) is 4.65. The molecule has 0 spiro atoms. The minimum atomic E-state index is 0.203. The van der Waals surface area contributed by atoms with E-state index in [1.165, 1.54) is 33.5 Å². The van der Waals surface area contributed by atoms with Crippen LogP contribution in [0, 0.1) is 5.92 Å². The van der Waals surface area contributed by atoms with Crippen molar-refractivity contribution in [2.24, 2.45) is 5.92 Å². The van der Waals surface area contributed by atoms with Gasteiger partial charge in [0.05, 0.1) is 6.04 Å². The molecule has 0 aliphatic heterocycles. The van der Waals surface area contributed by atoms with Crippen LogP contribution in [-0.4, -0.2) is 6.04 Å². The van der Waals surface area contributed by atoms with E-state index >= 15 is 0 Å². The highest BCUT2D eigenvalue weighted by Crippen LogP contribution is 2.34. The van der Waals surface area contributed by atoms with Gasteiger partial charge in [-0.3, -0.25) is 0 Å². The molecule has 0 fully saturated rings. The van der Waals surface area contributed by atoms with Crippen molar-refractivity contribution in [3.63, 3.8) is 0 Å². The van der Waals surface area contributed by atoms with Crippen molar-refractivity contribution < 1.29 is 0 Å². The second-order valence-corrected chi connectivity index (χ2v) is 16.9. The van der Waals surface area contributed by atoms with E-state index in [9.17, 15) is 0 Å². The third kappa shape index (κ3) is 13.1. The molecule has 0 bridgehead atoms. The number of hydrogen-bond donors (Lipinski definition) is 0. The number of allylic oxidation sites excluding steroid dienone is 15. The summed E-state index contributed by atoms with van der Waals surface area (Å²) in [7, 11) is 0. The summed E-state index contributed by atoms with van der Waals surface area (Å²) in [5, 5.41) is 0. The van der Waals surface area contributed by atoms with Crippen molar-refractivity contribution in [1.29, 1.82) is 0 Å². The molecule has 0 saturated carbocycles. The van der Waals surface area contributed by atoms with Crippen LogP contribution in [-0.2, 0) is 6.42 Å². The van der Waals surface area contributed by atoms with Crippen molar-refractivity contribution in [2.75, 3.05) is 9.80 Å². The highest BCUT2D eigenvalue weighted by molar-refractivity contribution is 5.78. The van der Waals surface area contributed by atoms with Gasteiger partial charge in [0, 0.05) is 34.9 Å². The van der Waals surface area contributed by atoms with Crippen molar-refractivity contribution in [2.45, 2.75) is 56.9 Å².